The number of pyridine rings is 1. The molecule has 3 heteroatoms. The first-order valence-electron chi connectivity index (χ1n) is 6.62. The van der Waals surface area contributed by atoms with Gasteiger partial charge in [-0.3, -0.25) is 4.79 Å². The average molecular weight is 257 g/mol. The molecule has 1 aromatic carbocycles. The summed E-state index contributed by atoms with van der Waals surface area (Å²) in [4.78, 5) is 11.0. The Morgan fingerprint density at radius 3 is 2.32 bits per heavy atom. The van der Waals surface area contributed by atoms with E-state index in [2.05, 4.69) is 19.1 Å². The molecule has 2 rings (SSSR count). The van der Waals surface area contributed by atoms with E-state index in [1.165, 1.54) is 17.7 Å². The van der Waals surface area contributed by atoms with Crippen molar-refractivity contribution < 1.29 is 5.11 Å². The second kappa shape index (κ2) is 6.34. The molecule has 1 atom stereocenters. The first kappa shape index (κ1) is 13.6. The van der Waals surface area contributed by atoms with Crippen LogP contribution in [0.1, 0.15) is 30.6 Å². The van der Waals surface area contributed by atoms with Gasteiger partial charge in [-0.1, -0.05) is 37.6 Å². The van der Waals surface area contributed by atoms with Crippen LogP contribution in [-0.2, 0) is 13.0 Å². The summed E-state index contributed by atoms with van der Waals surface area (Å²) in [5, 5.41) is 10.2. The van der Waals surface area contributed by atoms with E-state index in [4.69, 9.17) is 0 Å². The zero-order valence-electron chi connectivity index (χ0n) is 11.1. The van der Waals surface area contributed by atoms with Crippen LogP contribution in [0.25, 0.3) is 0 Å². The SMILES string of the molecule is CCCc1ccc(C(O)Cn2ccc(=O)cc2)cc1. The van der Waals surface area contributed by atoms with E-state index in [0.717, 1.165) is 18.4 Å². The fourth-order valence-corrected chi connectivity index (χ4v) is 2.07. The van der Waals surface area contributed by atoms with Crippen LogP contribution in [0.3, 0.4) is 0 Å². The molecule has 1 N–H and O–H groups in total. The third-order valence-electron chi connectivity index (χ3n) is 3.15. The maximum atomic E-state index is 11.0. The van der Waals surface area contributed by atoms with Crippen LogP contribution < -0.4 is 5.43 Å². The number of rotatable bonds is 5. The molecule has 0 fully saturated rings. The number of aliphatic hydroxyl groups excluding tert-OH is 1. The Kier molecular flexibility index (Phi) is 4.53. The van der Waals surface area contributed by atoms with Crippen LogP contribution in [-0.4, -0.2) is 9.67 Å². The molecule has 1 unspecified atom stereocenters. The number of aryl methyl sites for hydroxylation is 1. The van der Waals surface area contributed by atoms with Gasteiger partial charge in [-0.05, 0) is 17.5 Å². The molecule has 0 spiro atoms. The fraction of sp³-hybridized carbons (Fsp3) is 0.312. The number of aromatic nitrogens is 1. The van der Waals surface area contributed by atoms with Crippen molar-refractivity contribution in [1.29, 1.82) is 0 Å². The molecule has 0 saturated heterocycles. The van der Waals surface area contributed by atoms with E-state index >= 15 is 0 Å². The summed E-state index contributed by atoms with van der Waals surface area (Å²) in [5.74, 6) is 0. The van der Waals surface area contributed by atoms with Gasteiger partial charge in [-0.25, -0.2) is 0 Å². The van der Waals surface area contributed by atoms with Gasteiger partial charge in [-0.15, -0.1) is 0 Å². The Bertz CT molecular complexity index is 552. The van der Waals surface area contributed by atoms with Crippen LogP contribution in [0.5, 0.6) is 0 Å². The predicted octanol–water partition coefficient (Wildman–Crippen LogP) is 2.53. The van der Waals surface area contributed by atoms with E-state index in [1.807, 2.05) is 16.7 Å². The molecule has 0 aliphatic heterocycles. The number of nitrogens with zero attached hydrogens (tertiary/aromatic N) is 1. The second-order valence-corrected chi connectivity index (χ2v) is 4.74. The molecular weight excluding hydrogens is 238 g/mol. The van der Waals surface area contributed by atoms with E-state index in [9.17, 15) is 9.90 Å². The van der Waals surface area contributed by atoms with Gasteiger partial charge in [0.25, 0.3) is 0 Å². The van der Waals surface area contributed by atoms with Crippen molar-refractivity contribution in [2.24, 2.45) is 0 Å². The van der Waals surface area contributed by atoms with Crippen molar-refractivity contribution in [1.82, 2.24) is 4.57 Å². The van der Waals surface area contributed by atoms with Gasteiger partial charge in [0.2, 0.25) is 0 Å². The predicted molar refractivity (Wildman–Crippen MR) is 76.1 cm³/mol. The minimum absolute atomic E-state index is 0.0188. The Hall–Kier alpha value is -1.87. The van der Waals surface area contributed by atoms with Gasteiger partial charge >= 0.3 is 0 Å². The lowest BCUT2D eigenvalue weighted by atomic mass is 10.0. The molecule has 2 aromatic rings. The molecule has 0 saturated carbocycles. The zero-order valence-corrected chi connectivity index (χ0v) is 11.1. The standard InChI is InChI=1S/C16H19NO2/c1-2-3-13-4-6-14(7-5-13)16(19)12-17-10-8-15(18)9-11-17/h4-11,16,19H,2-3,12H2,1H3. The van der Waals surface area contributed by atoms with E-state index < -0.39 is 6.10 Å². The molecule has 19 heavy (non-hydrogen) atoms. The van der Waals surface area contributed by atoms with Gasteiger partial charge in [0.05, 0.1) is 12.6 Å². The van der Waals surface area contributed by atoms with Crippen molar-refractivity contribution in [2.75, 3.05) is 0 Å². The summed E-state index contributed by atoms with van der Waals surface area (Å²) in [5.41, 5.74) is 2.18. The minimum atomic E-state index is -0.557. The first-order valence-corrected chi connectivity index (χ1v) is 6.62. The summed E-state index contributed by atoms with van der Waals surface area (Å²) >= 11 is 0. The summed E-state index contributed by atoms with van der Waals surface area (Å²) in [6.45, 7) is 2.60. The lowest BCUT2D eigenvalue weighted by Gasteiger charge is -2.13. The van der Waals surface area contributed by atoms with Gasteiger partial charge in [0.1, 0.15) is 0 Å². The topological polar surface area (TPSA) is 42.2 Å². The normalized spacial score (nSPS) is 12.3. The maximum absolute atomic E-state index is 11.0. The number of hydrogen-bond acceptors (Lipinski definition) is 2. The van der Waals surface area contributed by atoms with Crippen LogP contribution >= 0.6 is 0 Å². The maximum Gasteiger partial charge on any atom is 0.181 e. The quantitative estimate of drug-likeness (QED) is 0.894. The molecule has 1 heterocycles. The molecular formula is C16H19NO2. The van der Waals surface area contributed by atoms with Crippen LogP contribution in [0, 0.1) is 0 Å². The average Bonchev–Trinajstić information content (AvgIpc) is 2.42. The summed E-state index contributed by atoms with van der Waals surface area (Å²) in [6, 6.07) is 11.1. The molecule has 3 nitrogen and oxygen atoms in total. The Morgan fingerprint density at radius 2 is 1.74 bits per heavy atom. The number of aliphatic hydroxyl groups is 1. The highest BCUT2D eigenvalue weighted by Gasteiger charge is 2.07. The lowest BCUT2D eigenvalue weighted by molar-refractivity contribution is 0.156. The van der Waals surface area contributed by atoms with Gasteiger partial charge in [-0.2, -0.15) is 0 Å². The minimum Gasteiger partial charge on any atom is -0.387 e. The molecule has 0 radical (unpaired) electrons. The highest BCUT2D eigenvalue weighted by molar-refractivity contribution is 5.24. The first-order chi connectivity index (χ1) is 9.19. The zero-order chi connectivity index (χ0) is 13.7. The van der Waals surface area contributed by atoms with Crippen LogP contribution in [0.15, 0.2) is 53.6 Å². The van der Waals surface area contributed by atoms with Crippen molar-refractivity contribution in [3.05, 3.63) is 70.1 Å². The molecule has 100 valence electrons. The van der Waals surface area contributed by atoms with Gasteiger partial charge < -0.3 is 9.67 Å². The fourth-order valence-electron chi connectivity index (χ4n) is 2.07. The Labute approximate surface area is 113 Å². The largest absolute Gasteiger partial charge is 0.387 e. The van der Waals surface area contributed by atoms with E-state index in [-0.39, 0.29) is 5.43 Å². The summed E-state index contributed by atoms with van der Waals surface area (Å²) in [7, 11) is 0. The number of hydrogen-bond donors (Lipinski definition) is 1. The highest BCUT2D eigenvalue weighted by Crippen LogP contribution is 2.16. The Balaban J connectivity index is 2.04. The third kappa shape index (κ3) is 3.80. The molecule has 0 aliphatic carbocycles. The van der Waals surface area contributed by atoms with E-state index in [0.29, 0.717) is 6.54 Å². The van der Waals surface area contributed by atoms with Crippen LogP contribution in [0.4, 0.5) is 0 Å². The van der Waals surface area contributed by atoms with E-state index in [1.54, 1.807) is 12.4 Å². The molecule has 0 aliphatic rings. The monoisotopic (exact) mass is 257 g/mol. The van der Waals surface area contributed by atoms with Crippen molar-refractivity contribution in [3.8, 4) is 0 Å². The highest BCUT2D eigenvalue weighted by atomic mass is 16.3. The van der Waals surface area contributed by atoms with Gasteiger partial charge in [0, 0.05) is 24.5 Å². The summed E-state index contributed by atoms with van der Waals surface area (Å²) in [6.07, 6.45) is 5.02. The molecule has 1 aromatic heterocycles. The molecule has 0 bridgehead atoms. The molecule has 0 amide bonds. The van der Waals surface area contributed by atoms with Gasteiger partial charge in [0.15, 0.2) is 5.43 Å². The number of benzene rings is 1. The Morgan fingerprint density at radius 1 is 1.11 bits per heavy atom. The third-order valence-corrected chi connectivity index (χ3v) is 3.15. The second-order valence-electron chi connectivity index (χ2n) is 4.74. The van der Waals surface area contributed by atoms with Crippen molar-refractivity contribution in [3.63, 3.8) is 0 Å². The smallest absolute Gasteiger partial charge is 0.181 e. The lowest BCUT2D eigenvalue weighted by Crippen LogP contribution is -2.10. The van der Waals surface area contributed by atoms with Crippen molar-refractivity contribution in [2.45, 2.75) is 32.4 Å². The summed E-state index contributed by atoms with van der Waals surface area (Å²) < 4.78 is 1.81. The van der Waals surface area contributed by atoms with Crippen molar-refractivity contribution >= 4 is 0 Å². The van der Waals surface area contributed by atoms with Crippen LogP contribution in [0.2, 0.25) is 0 Å².